The summed E-state index contributed by atoms with van der Waals surface area (Å²) in [6.45, 7) is 0. The molecular formula is H4Al2Ca2O3Si2. The smallest absolute Gasteiger partial charge is 2.00 e. The van der Waals surface area contributed by atoms with E-state index in [1.165, 1.54) is 0 Å². The molecule has 0 rings (SSSR count). The van der Waals surface area contributed by atoms with Crippen molar-refractivity contribution in [1.29, 1.82) is 0 Å². The Bertz CT molecular complexity index is 29.4. The number of rotatable bonds is 0. The summed E-state index contributed by atoms with van der Waals surface area (Å²) in [6, 6.07) is 0. The summed E-state index contributed by atoms with van der Waals surface area (Å²) in [5.74, 6) is 0. The minimum absolute atomic E-state index is 0. The molecule has 0 aliphatic carbocycles. The SMILES string of the molecule is [Al+3].[Al+3].[Ca+2].[Ca+2].[H-].[H-].[H-].[H-].[O-2].[O-2].[O-2].[Si].[Si]. The largest absolute Gasteiger partial charge is 3.00 e. The molecule has 0 amide bonds. The summed E-state index contributed by atoms with van der Waals surface area (Å²) in [7, 11) is 0. The van der Waals surface area contributed by atoms with Gasteiger partial charge in [-0.25, -0.2) is 0 Å². The summed E-state index contributed by atoms with van der Waals surface area (Å²) < 4.78 is 0. The molecule has 8 radical (unpaired) electrons. The molecule has 0 aromatic carbocycles. The molecule has 0 aromatic heterocycles. The van der Waals surface area contributed by atoms with Crippen LogP contribution in [0.15, 0.2) is 0 Å². The second-order valence-electron chi connectivity index (χ2n) is 0. The Morgan fingerprint density at radius 1 is 0.556 bits per heavy atom. The van der Waals surface area contributed by atoms with Crippen LogP contribution in [0.3, 0.4) is 0 Å². The van der Waals surface area contributed by atoms with Gasteiger partial charge in [-0.2, -0.15) is 0 Å². The maximum absolute atomic E-state index is 0. The van der Waals surface area contributed by atoms with Crippen LogP contribution in [0.25, 0.3) is 0 Å². The zero-order chi connectivity index (χ0) is 0. The fraction of sp³-hybridized carbons (Fsp3) is 0. The molecule has 0 saturated heterocycles. The van der Waals surface area contributed by atoms with Gasteiger partial charge in [0.05, 0.1) is 0 Å². The van der Waals surface area contributed by atoms with E-state index in [-0.39, 0.29) is 154 Å². The van der Waals surface area contributed by atoms with E-state index in [9.17, 15) is 0 Å². The monoisotopic (exact) mass is 242 g/mol. The number of hydrogen-bond acceptors (Lipinski definition) is 0. The maximum Gasteiger partial charge on any atom is 3.00 e. The molecule has 3 nitrogen and oxygen atoms in total. The number of hydrogen-bond donors (Lipinski definition) is 0. The van der Waals surface area contributed by atoms with Crippen LogP contribution < -0.4 is 0 Å². The third-order valence-electron chi connectivity index (χ3n) is 0. The molecule has 0 aliphatic rings. The van der Waals surface area contributed by atoms with Crippen molar-refractivity contribution in [3.05, 3.63) is 0 Å². The summed E-state index contributed by atoms with van der Waals surface area (Å²) in [6.07, 6.45) is 0. The van der Waals surface area contributed by atoms with Crippen molar-refractivity contribution in [1.82, 2.24) is 0 Å². The molecule has 0 aromatic rings. The van der Waals surface area contributed by atoms with Gasteiger partial charge in [0.25, 0.3) is 0 Å². The van der Waals surface area contributed by atoms with E-state index in [0.717, 1.165) is 0 Å². The maximum atomic E-state index is 0. The van der Waals surface area contributed by atoms with Gasteiger partial charge < -0.3 is 22.1 Å². The summed E-state index contributed by atoms with van der Waals surface area (Å²) >= 11 is 0. The summed E-state index contributed by atoms with van der Waals surface area (Å²) in [5.41, 5.74) is 0. The molecule has 0 spiro atoms. The van der Waals surface area contributed by atoms with Crippen molar-refractivity contribution < 1.29 is 22.1 Å². The molecule has 0 saturated carbocycles. The van der Waals surface area contributed by atoms with Gasteiger partial charge in [0, 0.05) is 21.9 Å². The first-order valence-electron chi connectivity index (χ1n) is 0. The Morgan fingerprint density at radius 3 is 0.556 bits per heavy atom. The van der Waals surface area contributed by atoms with Crippen molar-refractivity contribution in [3.8, 4) is 0 Å². The van der Waals surface area contributed by atoms with Gasteiger partial charge in [0.2, 0.25) is 0 Å². The molecular weight excluding hydrogens is 238 g/mol. The van der Waals surface area contributed by atoms with Gasteiger partial charge in [-0.3, -0.25) is 0 Å². The topological polar surface area (TPSA) is 85.5 Å². The summed E-state index contributed by atoms with van der Waals surface area (Å²) in [5, 5.41) is 0. The van der Waals surface area contributed by atoms with Crippen molar-refractivity contribution >= 4 is 132 Å². The quantitative estimate of drug-likeness (QED) is 0.432. The molecule has 0 bridgehead atoms. The fourth-order valence-electron chi connectivity index (χ4n) is 0. The predicted molar refractivity (Wildman–Crippen MR) is 41.0 cm³/mol. The van der Waals surface area contributed by atoms with Crippen LogP contribution in [-0.4, -0.2) is 132 Å². The van der Waals surface area contributed by atoms with Crippen molar-refractivity contribution in [2.75, 3.05) is 0 Å². The second-order valence-corrected chi connectivity index (χ2v) is 0. The molecule has 0 fully saturated rings. The molecule has 9 heavy (non-hydrogen) atoms. The van der Waals surface area contributed by atoms with Crippen LogP contribution in [0.1, 0.15) is 5.71 Å². The summed E-state index contributed by atoms with van der Waals surface area (Å²) in [4.78, 5) is 0. The van der Waals surface area contributed by atoms with Gasteiger partial charge in [-0.05, 0) is 0 Å². The van der Waals surface area contributed by atoms with Crippen molar-refractivity contribution in [2.45, 2.75) is 0 Å². The van der Waals surface area contributed by atoms with Gasteiger partial charge in [-0.1, -0.05) is 0 Å². The zero-order valence-corrected chi connectivity index (χ0v) is 13.5. The third-order valence-corrected chi connectivity index (χ3v) is 0. The van der Waals surface area contributed by atoms with Gasteiger partial charge in [0.15, 0.2) is 0 Å². The minimum Gasteiger partial charge on any atom is -2.00 e. The standard InChI is InChI=1S/2Al.2Ca.3O.2Si.4H/q2*+3;2*+2;3*-2;;;4*-1. The molecule has 0 atom stereocenters. The molecule has 40 valence electrons. The van der Waals surface area contributed by atoms with Crippen LogP contribution in [0.5, 0.6) is 0 Å². The van der Waals surface area contributed by atoms with Crippen LogP contribution in [0.2, 0.25) is 0 Å². The third kappa shape index (κ3) is 76.7. The Hall–Kier alpha value is 3.90. The van der Waals surface area contributed by atoms with E-state index in [1.807, 2.05) is 0 Å². The molecule has 9 heteroatoms. The van der Waals surface area contributed by atoms with E-state index in [2.05, 4.69) is 0 Å². The van der Waals surface area contributed by atoms with Gasteiger partial charge in [-0.15, -0.1) is 0 Å². The second kappa shape index (κ2) is 93.0. The zero-order valence-electron chi connectivity index (χ0n) is 8.79. The average molecular weight is 242 g/mol. The minimum atomic E-state index is 0. The van der Waals surface area contributed by atoms with E-state index in [0.29, 0.717) is 0 Å². The average Bonchev–Trinajstić information content (AvgIpc) is 0. The normalized spacial score (nSPS) is 0. The van der Waals surface area contributed by atoms with Crippen LogP contribution in [-0.2, 0) is 16.4 Å². The Balaban J connectivity index is 0. The van der Waals surface area contributed by atoms with Crippen LogP contribution in [0, 0.1) is 0 Å². The van der Waals surface area contributed by atoms with E-state index in [1.54, 1.807) is 0 Å². The molecule has 0 N–H and O–H groups in total. The first-order valence-corrected chi connectivity index (χ1v) is 0. The van der Waals surface area contributed by atoms with E-state index in [4.69, 9.17) is 0 Å². The van der Waals surface area contributed by atoms with Crippen LogP contribution in [0.4, 0.5) is 0 Å². The molecule has 0 heterocycles. The van der Waals surface area contributed by atoms with E-state index >= 15 is 0 Å². The molecule has 0 aliphatic heterocycles. The van der Waals surface area contributed by atoms with Crippen molar-refractivity contribution in [2.24, 2.45) is 0 Å². The first-order chi connectivity index (χ1) is 0. The Labute approximate surface area is 151 Å². The van der Waals surface area contributed by atoms with E-state index < -0.39 is 0 Å². The Kier molecular flexibility index (Phi) is 1240. The first kappa shape index (κ1) is 120. The molecule has 0 unspecified atom stereocenters. The Morgan fingerprint density at radius 2 is 0.556 bits per heavy atom. The van der Waals surface area contributed by atoms with Gasteiger partial charge in [0.1, 0.15) is 0 Å². The fourth-order valence-corrected chi connectivity index (χ4v) is 0. The van der Waals surface area contributed by atoms with Crippen molar-refractivity contribution in [3.63, 3.8) is 0 Å². The van der Waals surface area contributed by atoms with Gasteiger partial charge >= 0.3 is 110 Å². The van der Waals surface area contributed by atoms with Crippen LogP contribution >= 0.6 is 0 Å². The predicted octanol–water partition coefficient (Wildman–Crippen LogP) is -2.19.